The first-order valence-corrected chi connectivity index (χ1v) is 12.0. The summed E-state index contributed by atoms with van der Waals surface area (Å²) in [6.07, 6.45) is 4.25. The zero-order chi connectivity index (χ0) is 22.4. The summed E-state index contributed by atoms with van der Waals surface area (Å²) in [5.41, 5.74) is 0. The monoisotopic (exact) mass is 462 g/mol. The number of thioether (sulfide) groups is 2. The first kappa shape index (κ1) is 25.5. The summed E-state index contributed by atoms with van der Waals surface area (Å²) in [6.45, 7) is 5.31. The molecule has 0 spiro atoms. The van der Waals surface area contributed by atoms with E-state index in [1.54, 1.807) is 65.6 Å². The molecular weight excluding hydrogens is 428 g/mol. The van der Waals surface area contributed by atoms with Crippen LogP contribution in [-0.2, 0) is 28.5 Å². The summed E-state index contributed by atoms with van der Waals surface area (Å²) in [5, 5.41) is 0.412. The van der Waals surface area contributed by atoms with Crippen molar-refractivity contribution in [1.82, 2.24) is 9.80 Å². The number of carbonyl (C=O) groups excluding carboxylic acids is 2. The number of amides is 2. The van der Waals surface area contributed by atoms with Gasteiger partial charge in [0, 0.05) is 39.7 Å². The number of nitrogens with zero attached hydrogens (tertiary/aromatic N) is 2. The van der Waals surface area contributed by atoms with E-state index in [-0.39, 0.29) is 22.3 Å². The lowest BCUT2D eigenvalue weighted by Gasteiger charge is -2.37. The van der Waals surface area contributed by atoms with Gasteiger partial charge < -0.3 is 28.7 Å². The average molecular weight is 463 g/mol. The lowest BCUT2D eigenvalue weighted by Crippen LogP contribution is -2.53. The highest BCUT2D eigenvalue weighted by molar-refractivity contribution is 8.00. The molecule has 8 nitrogen and oxygen atoms in total. The fourth-order valence-electron chi connectivity index (χ4n) is 2.96. The van der Waals surface area contributed by atoms with E-state index in [0.29, 0.717) is 26.4 Å². The third-order valence-corrected chi connectivity index (χ3v) is 7.05. The second-order valence-corrected chi connectivity index (χ2v) is 10.6. The van der Waals surface area contributed by atoms with E-state index in [1.807, 2.05) is 0 Å². The predicted molar refractivity (Wildman–Crippen MR) is 120 cm³/mol. The molecule has 0 aromatic heterocycles. The lowest BCUT2D eigenvalue weighted by molar-refractivity contribution is -0.248. The van der Waals surface area contributed by atoms with E-state index >= 15 is 0 Å². The van der Waals surface area contributed by atoms with Crippen molar-refractivity contribution in [3.05, 3.63) is 12.2 Å². The van der Waals surface area contributed by atoms with Crippen molar-refractivity contribution >= 4 is 35.3 Å². The molecule has 2 rings (SSSR count). The van der Waals surface area contributed by atoms with Crippen LogP contribution in [0.1, 0.15) is 13.8 Å². The molecule has 0 atom stereocenters. The minimum Gasteiger partial charge on any atom is -0.344 e. The van der Waals surface area contributed by atoms with Crippen LogP contribution in [0.3, 0.4) is 0 Å². The zero-order valence-electron chi connectivity index (χ0n) is 18.7. The van der Waals surface area contributed by atoms with Gasteiger partial charge in [0.2, 0.25) is 11.6 Å². The summed E-state index contributed by atoms with van der Waals surface area (Å²) in [4.78, 5) is 27.2. The van der Waals surface area contributed by atoms with E-state index < -0.39 is 11.6 Å². The summed E-state index contributed by atoms with van der Waals surface area (Å²) in [5.74, 6) is -1.00. The maximum absolute atomic E-state index is 12.1. The highest BCUT2D eigenvalue weighted by Crippen LogP contribution is 2.27. The Bertz CT molecular complexity index is 560. The van der Waals surface area contributed by atoms with Crippen LogP contribution >= 0.6 is 23.5 Å². The summed E-state index contributed by atoms with van der Waals surface area (Å²) >= 11 is 3.49. The van der Waals surface area contributed by atoms with Gasteiger partial charge in [-0.25, -0.2) is 0 Å². The number of hydrogen-bond donors (Lipinski definition) is 0. The van der Waals surface area contributed by atoms with E-state index in [0.717, 1.165) is 11.5 Å². The molecule has 0 radical (unpaired) electrons. The Morgan fingerprint density at radius 3 is 1.33 bits per heavy atom. The second-order valence-electron chi connectivity index (χ2n) is 7.92. The smallest absolute Gasteiger partial charge is 0.282 e. The molecule has 172 valence electrons. The molecule has 2 heterocycles. The molecule has 10 heteroatoms. The van der Waals surface area contributed by atoms with Crippen molar-refractivity contribution in [2.75, 3.05) is 66.1 Å². The predicted octanol–water partition coefficient (Wildman–Crippen LogP) is 1.45. The van der Waals surface area contributed by atoms with Gasteiger partial charge >= 0.3 is 0 Å². The molecule has 0 aromatic carbocycles. The Balaban J connectivity index is 1.59. The minimum atomic E-state index is -1.18. The third kappa shape index (κ3) is 6.86. The molecule has 0 aromatic rings. The van der Waals surface area contributed by atoms with Gasteiger partial charge in [-0.05, 0) is 13.8 Å². The van der Waals surface area contributed by atoms with Gasteiger partial charge in [0.15, 0.2) is 0 Å². The van der Waals surface area contributed by atoms with Crippen molar-refractivity contribution in [3.8, 4) is 0 Å². The van der Waals surface area contributed by atoms with Crippen molar-refractivity contribution in [2.24, 2.45) is 0 Å². The maximum atomic E-state index is 12.1. The Labute approximate surface area is 188 Å². The van der Waals surface area contributed by atoms with Gasteiger partial charge in [0.05, 0.1) is 36.9 Å². The third-order valence-electron chi connectivity index (χ3n) is 4.79. The van der Waals surface area contributed by atoms with Gasteiger partial charge in [-0.15, -0.1) is 23.5 Å². The van der Waals surface area contributed by atoms with Crippen LogP contribution in [0.15, 0.2) is 12.2 Å². The first-order valence-electron chi connectivity index (χ1n) is 9.95. The molecule has 2 aliphatic rings. The fourth-order valence-corrected chi connectivity index (χ4v) is 4.65. The standard InChI is InChI=1S/C20H34N2O6S2/c1-19(17(23)21(3)4)25-11-15(12-26-19)29-9-7-8-10-30-16-13-27-20(2,28-14-16)18(24)22(5)6/h7-8,15-16H,9-14H2,1-6H3. The molecule has 2 aliphatic heterocycles. The quantitative estimate of drug-likeness (QED) is 0.502. The first-order chi connectivity index (χ1) is 14.1. The second kappa shape index (κ2) is 11.2. The summed E-state index contributed by atoms with van der Waals surface area (Å²) in [7, 11) is 6.77. The van der Waals surface area contributed by atoms with Gasteiger partial charge in [-0.1, -0.05) is 12.2 Å². The van der Waals surface area contributed by atoms with Crippen LogP contribution in [0.5, 0.6) is 0 Å². The van der Waals surface area contributed by atoms with Gasteiger partial charge in [-0.2, -0.15) is 0 Å². The highest BCUT2D eigenvalue weighted by atomic mass is 32.2. The number of rotatable bonds is 8. The Morgan fingerprint density at radius 2 is 1.07 bits per heavy atom. The van der Waals surface area contributed by atoms with Crippen molar-refractivity contribution in [2.45, 2.75) is 35.9 Å². The molecule has 2 saturated heterocycles. The van der Waals surface area contributed by atoms with Crippen molar-refractivity contribution in [1.29, 1.82) is 0 Å². The van der Waals surface area contributed by atoms with Crippen LogP contribution in [0.2, 0.25) is 0 Å². The van der Waals surface area contributed by atoms with Crippen LogP contribution in [0.25, 0.3) is 0 Å². The summed E-state index contributed by atoms with van der Waals surface area (Å²) < 4.78 is 22.8. The van der Waals surface area contributed by atoms with E-state index in [9.17, 15) is 9.59 Å². The van der Waals surface area contributed by atoms with Gasteiger partial charge in [0.1, 0.15) is 0 Å². The summed E-state index contributed by atoms with van der Waals surface area (Å²) in [6, 6.07) is 0. The van der Waals surface area contributed by atoms with Gasteiger partial charge in [-0.3, -0.25) is 9.59 Å². The largest absolute Gasteiger partial charge is 0.344 e. The fraction of sp³-hybridized carbons (Fsp3) is 0.800. The zero-order valence-corrected chi connectivity index (χ0v) is 20.3. The molecule has 0 aliphatic carbocycles. The Morgan fingerprint density at radius 1 is 0.767 bits per heavy atom. The molecule has 0 N–H and O–H groups in total. The molecule has 30 heavy (non-hydrogen) atoms. The molecule has 0 bridgehead atoms. The molecule has 0 saturated carbocycles. The van der Waals surface area contributed by atoms with Crippen molar-refractivity contribution in [3.63, 3.8) is 0 Å². The van der Waals surface area contributed by atoms with E-state index in [2.05, 4.69) is 12.2 Å². The number of ether oxygens (including phenoxy) is 4. The SMILES string of the molecule is CN(C)C(=O)C1(C)OCC(SCC=CCSC2COC(C)(C(=O)N(C)C)OC2)CO1. The van der Waals surface area contributed by atoms with Gasteiger partial charge in [0.25, 0.3) is 11.8 Å². The molecular formula is C20H34N2O6S2. The van der Waals surface area contributed by atoms with E-state index in [1.165, 1.54) is 9.80 Å². The minimum absolute atomic E-state index is 0.176. The highest BCUT2D eigenvalue weighted by Gasteiger charge is 2.42. The maximum Gasteiger partial charge on any atom is 0.282 e. The Hall–Kier alpha value is -0.780. The van der Waals surface area contributed by atoms with Crippen LogP contribution < -0.4 is 0 Å². The normalized spacial score (nSPS) is 32.2. The molecule has 2 fully saturated rings. The molecule has 0 unspecified atom stereocenters. The van der Waals surface area contributed by atoms with Crippen LogP contribution in [-0.4, -0.2) is 110 Å². The Kier molecular flexibility index (Phi) is 9.51. The average Bonchev–Trinajstić information content (AvgIpc) is 2.72. The van der Waals surface area contributed by atoms with E-state index in [4.69, 9.17) is 18.9 Å². The topological polar surface area (TPSA) is 77.5 Å². The van der Waals surface area contributed by atoms with Crippen molar-refractivity contribution < 1.29 is 28.5 Å². The number of hydrogen-bond acceptors (Lipinski definition) is 8. The molecule has 2 amide bonds. The number of carbonyl (C=O) groups is 2. The number of likely N-dealkylation sites (N-methyl/N-ethyl adjacent to an activating group) is 2. The van der Waals surface area contributed by atoms with Crippen LogP contribution in [0, 0.1) is 0 Å². The lowest BCUT2D eigenvalue weighted by atomic mass is 10.2. The van der Waals surface area contributed by atoms with Crippen LogP contribution in [0.4, 0.5) is 0 Å².